The van der Waals surface area contributed by atoms with Crippen molar-refractivity contribution in [2.45, 2.75) is 0 Å². The average Bonchev–Trinajstić information content (AvgIpc) is 2.78. The molecule has 0 unspecified atom stereocenters. The average molecular weight is 238 g/mol. The highest BCUT2D eigenvalue weighted by Crippen LogP contribution is 2.18. The topological polar surface area (TPSA) is 93.1 Å². The van der Waals surface area contributed by atoms with E-state index >= 15 is 0 Å². The van der Waals surface area contributed by atoms with Crippen LogP contribution in [0.4, 0.5) is 10.7 Å². The minimum Gasteiger partial charge on any atom is -0.440 e. The van der Waals surface area contributed by atoms with Crippen LogP contribution >= 0.6 is 0 Å². The zero-order valence-corrected chi connectivity index (χ0v) is 9.26. The maximum absolute atomic E-state index is 10.4. The number of nitrogens with zero attached hydrogens (tertiary/aromatic N) is 2. The highest BCUT2D eigenvalue weighted by molar-refractivity contribution is 5.79. The molecule has 2 amide bonds. The van der Waals surface area contributed by atoms with E-state index in [1.165, 1.54) is 6.21 Å². The van der Waals surface area contributed by atoms with Crippen LogP contribution in [0.25, 0.3) is 0 Å². The van der Waals surface area contributed by atoms with E-state index in [-0.39, 0.29) is 0 Å². The molecule has 1 saturated heterocycles. The molecule has 7 heteroatoms. The van der Waals surface area contributed by atoms with Crippen molar-refractivity contribution in [3.8, 4) is 0 Å². The number of amides is 2. The smallest absolute Gasteiger partial charge is 0.332 e. The van der Waals surface area contributed by atoms with E-state index < -0.39 is 6.03 Å². The summed E-state index contributed by atoms with van der Waals surface area (Å²) in [5, 5.41) is 3.61. The Hall–Kier alpha value is -2.02. The fraction of sp³-hybridized carbons (Fsp3) is 0.400. The van der Waals surface area contributed by atoms with Gasteiger partial charge in [-0.2, -0.15) is 5.10 Å². The molecule has 0 spiro atoms. The van der Waals surface area contributed by atoms with Crippen LogP contribution in [0.1, 0.15) is 5.76 Å². The molecular weight excluding hydrogens is 224 g/mol. The van der Waals surface area contributed by atoms with Crippen LogP contribution in [0, 0.1) is 0 Å². The summed E-state index contributed by atoms with van der Waals surface area (Å²) in [5.74, 6) is 1.33. The second-order valence-electron chi connectivity index (χ2n) is 3.51. The molecule has 92 valence electrons. The number of rotatable bonds is 3. The van der Waals surface area contributed by atoms with E-state index in [9.17, 15) is 4.79 Å². The van der Waals surface area contributed by atoms with Gasteiger partial charge in [0.05, 0.1) is 19.4 Å². The number of morpholine rings is 1. The predicted octanol–water partition coefficient (Wildman–Crippen LogP) is 0.118. The number of furan rings is 1. The molecule has 1 aliphatic heterocycles. The SMILES string of the molecule is NC(=O)NN=Cc1ccc(N2CCOCC2)o1. The van der Waals surface area contributed by atoms with Gasteiger partial charge in [-0.3, -0.25) is 0 Å². The van der Waals surface area contributed by atoms with E-state index in [1.54, 1.807) is 6.07 Å². The molecule has 0 radical (unpaired) electrons. The van der Waals surface area contributed by atoms with Gasteiger partial charge in [-0.1, -0.05) is 0 Å². The van der Waals surface area contributed by atoms with Crippen molar-refractivity contribution in [1.29, 1.82) is 0 Å². The van der Waals surface area contributed by atoms with Crippen LogP contribution in [0.2, 0.25) is 0 Å². The van der Waals surface area contributed by atoms with E-state index in [0.29, 0.717) is 19.0 Å². The molecule has 1 aromatic heterocycles. The number of hydrogen-bond acceptors (Lipinski definition) is 5. The molecule has 7 nitrogen and oxygen atoms in total. The Bertz CT molecular complexity index is 409. The van der Waals surface area contributed by atoms with Crippen LogP contribution in [0.15, 0.2) is 21.7 Å². The van der Waals surface area contributed by atoms with Crippen molar-refractivity contribution >= 4 is 18.1 Å². The number of anilines is 1. The number of urea groups is 1. The maximum Gasteiger partial charge on any atom is 0.332 e. The van der Waals surface area contributed by atoms with Crippen molar-refractivity contribution in [2.75, 3.05) is 31.2 Å². The van der Waals surface area contributed by atoms with E-state index in [4.69, 9.17) is 14.9 Å². The first-order chi connectivity index (χ1) is 8.25. The summed E-state index contributed by atoms with van der Waals surface area (Å²) >= 11 is 0. The van der Waals surface area contributed by atoms with Gasteiger partial charge >= 0.3 is 6.03 Å². The molecule has 1 aromatic rings. The summed E-state index contributed by atoms with van der Waals surface area (Å²) in [5.41, 5.74) is 6.96. The zero-order chi connectivity index (χ0) is 12.1. The van der Waals surface area contributed by atoms with Gasteiger partial charge in [0, 0.05) is 19.2 Å². The molecule has 3 N–H and O–H groups in total. The number of primary amides is 1. The molecule has 17 heavy (non-hydrogen) atoms. The van der Waals surface area contributed by atoms with Crippen LogP contribution in [0.3, 0.4) is 0 Å². The highest BCUT2D eigenvalue weighted by atomic mass is 16.5. The van der Waals surface area contributed by atoms with Crippen LogP contribution in [0.5, 0.6) is 0 Å². The first-order valence-electron chi connectivity index (χ1n) is 5.27. The monoisotopic (exact) mass is 238 g/mol. The summed E-state index contributed by atoms with van der Waals surface area (Å²) in [6.07, 6.45) is 1.40. The van der Waals surface area contributed by atoms with Crippen LogP contribution < -0.4 is 16.1 Å². The molecule has 2 rings (SSSR count). The Morgan fingerprint density at radius 3 is 2.94 bits per heavy atom. The lowest BCUT2D eigenvalue weighted by molar-refractivity contribution is 0.120. The van der Waals surface area contributed by atoms with E-state index in [0.717, 1.165) is 19.0 Å². The number of carbonyl (C=O) groups is 1. The molecule has 0 bridgehead atoms. The Morgan fingerprint density at radius 2 is 2.24 bits per heavy atom. The third-order valence-electron chi connectivity index (χ3n) is 2.30. The maximum atomic E-state index is 10.4. The second kappa shape index (κ2) is 5.35. The van der Waals surface area contributed by atoms with Crippen molar-refractivity contribution in [1.82, 2.24) is 5.43 Å². The Kier molecular flexibility index (Phi) is 3.61. The van der Waals surface area contributed by atoms with Gasteiger partial charge in [0.2, 0.25) is 0 Å². The summed E-state index contributed by atoms with van der Waals surface area (Å²) in [4.78, 5) is 12.5. The normalized spacial score (nSPS) is 16.4. The Labute approximate surface area is 98.2 Å². The van der Waals surface area contributed by atoms with Gasteiger partial charge in [-0.15, -0.1) is 0 Å². The molecule has 0 aliphatic carbocycles. The largest absolute Gasteiger partial charge is 0.440 e. The van der Waals surface area contributed by atoms with Gasteiger partial charge in [-0.05, 0) is 6.07 Å². The van der Waals surface area contributed by atoms with Gasteiger partial charge < -0.3 is 19.8 Å². The zero-order valence-electron chi connectivity index (χ0n) is 9.26. The summed E-state index contributed by atoms with van der Waals surface area (Å²) in [6.45, 7) is 3.02. The molecule has 1 fully saturated rings. The quantitative estimate of drug-likeness (QED) is 0.577. The number of nitrogens with two attached hydrogens (primary N) is 1. The molecule has 0 aromatic carbocycles. The molecule has 1 aliphatic rings. The summed E-state index contributed by atoms with van der Waals surface area (Å²) < 4.78 is 10.8. The molecule has 0 saturated carbocycles. The van der Waals surface area contributed by atoms with Gasteiger partial charge in [-0.25, -0.2) is 10.2 Å². The van der Waals surface area contributed by atoms with Crippen molar-refractivity contribution in [3.63, 3.8) is 0 Å². The third kappa shape index (κ3) is 3.22. The summed E-state index contributed by atoms with van der Waals surface area (Å²) in [7, 11) is 0. The lowest BCUT2D eigenvalue weighted by Crippen LogP contribution is -2.35. The third-order valence-corrected chi connectivity index (χ3v) is 2.30. The van der Waals surface area contributed by atoms with Gasteiger partial charge in [0.25, 0.3) is 0 Å². The molecule has 0 atom stereocenters. The van der Waals surface area contributed by atoms with E-state index in [2.05, 4.69) is 15.4 Å². The summed E-state index contributed by atoms with van der Waals surface area (Å²) in [6, 6.07) is 2.93. The standard InChI is InChI=1S/C10H14N4O3/c11-10(15)13-12-7-8-1-2-9(17-8)14-3-5-16-6-4-14/h1-2,7H,3-6H2,(H3,11,13,15). The number of carbonyl (C=O) groups excluding carboxylic acids is 1. The van der Waals surface area contributed by atoms with Crippen LogP contribution in [-0.4, -0.2) is 38.5 Å². The number of hydrazone groups is 1. The fourth-order valence-electron chi connectivity index (χ4n) is 1.52. The van der Waals surface area contributed by atoms with Crippen molar-refractivity contribution < 1.29 is 13.9 Å². The fourth-order valence-corrected chi connectivity index (χ4v) is 1.52. The number of nitrogens with one attached hydrogen (secondary N) is 1. The van der Waals surface area contributed by atoms with Crippen molar-refractivity contribution in [2.24, 2.45) is 10.8 Å². The predicted molar refractivity (Wildman–Crippen MR) is 62.1 cm³/mol. The highest BCUT2D eigenvalue weighted by Gasteiger charge is 2.13. The van der Waals surface area contributed by atoms with Crippen molar-refractivity contribution in [3.05, 3.63) is 17.9 Å². The molecule has 2 heterocycles. The van der Waals surface area contributed by atoms with Gasteiger partial charge in [0.15, 0.2) is 5.88 Å². The van der Waals surface area contributed by atoms with Crippen LogP contribution in [-0.2, 0) is 4.74 Å². The van der Waals surface area contributed by atoms with E-state index in [1.807, 2.05) is 6.07 Å². The number of hydrogen-bond donors (Lipinski definition) is 2. The second-order valence-corrected chi connectivity index (χ2v) is 3.51. The minimum atomic E-state index is -0.707. The molecular formula is C10H14N4O3. The Balaban J connectivity index is 1.95. The number of ether oxygens (including phenoxy) is 1. The minimum absolute atomic E-state index is 0.556. The van der Waals surface area contributed by atoms with Gasteiger partial charge in [0.1, 0.15) is 5.76 Å². The first-order valence-corrected chi connectivity index (χ1v) is 5.27. The first kappa shape index (κ1) is 11.5. The lowest BCUT2D eigenvalue weighted by Gasteiger charge is -2.26. The Morgan fingerprint density at radius 1 is 1.47 bits per heavy atom. The lowest BCUT2D eigenvalue weighted by atomic mass is 10.4.